The number of ether oxygens (including phenoxy) is 1. The fourth-order valence-corrected chi connectivity index (χ4v) is 4.03. The highest BCUT2D eigenvalue weighted by molar-refractivity contribution is 5.07. The van der Waals surface area contributed by atoms with Crippen LogP contribution in [-0.4, -0.2) is 13.2 Å². The summed E-state index contributed by atoms with van der Waals surface area (Å²) < 4.78 is 5.58. The average molecular weight is 278 g/mol. The van der Waals surface area contributed by atoms with Crippen molar-refractivity contribution < 1.29 is 4.74 Å². The van der Waals surface area contributed by atoms with Crippen LogP contribution in [-0.2, 0) is 4.74 Å². The number of hydrogen-bond donors (Lipinski definition) is 0. The van der Waals surface area contributed by atoms with E-state index < -0.39 is 0 Å². The lowest BCUT2D eigenvalue weighted by atomic mass is 9.76. The average Bonchev–Trinajstić information content (AvgIpc) is 2.47. The number of rotatable bonds is 5. The molecule has 0 radical (unpaired) electrons. The molecule has 0 unspecified atom stereocenters. The first kappa shape index (κ1) is 16.1. The van der Waals surface area contributed by atoms with Gasteiger partial charge in [0, 0.05) is 13.2 Å². The van der Waals surface area contributed by atoms with Gasteiger partial charge in [0.2, 0.25) is 0 Å². The molecule has 0 spiro atoms. The third-order valence-electron chi connectivity index (χ3n) is 5.61. The van der Waals surface area contributed by atoms with Gasteiger partial charge in [-0.1, -0.05) is 31.4 Å². The van der Waals surface area contributed by atoms with E-state index in [0.717, 1.165) is 36.9 Å². The van der Waals surface area contributed by atoms with Crippen LogP contribution >= 0.6 is 0 Å². The largest absolute Gasteiger partial charge is 0.381 e. The Morgan fingerprint density at radius 2 is 1.65 bits per heavy atom. The standard InChI is InChI=1S/C19H34O/c1-4-20-14-18-9-7-17(8-10-18)13-16(3)19-11-5-15(2)6-12-19/h13,15,17-19H,4-12,14H2,1-3H3. The van der Waals surface area contributed by atoms with Crippen LogP contribution in [0.4, 0.5) is 0 Å². The van der Waals surface area contributed by atoms with Crippen LogP contribution in [0, 0.1) is 23.7 Å². The van der Waals surface area contributed by atoms with Gasteiger partial charge in [0.1, 0.15) is 0 Å². The van der Waals surface area contributed by atoms with Crippen LogP contribution in [0.25, 0.3) is 0 Å². The molecule has 0 atom stereocenters. The Balaban J connectivity index is 1.74. The molecule has 2 saturated carbocycles. The van der Waals surface area contributed by atoms with E-state index >= 15 is 0 Å². The molecule has 0 amide bonds. The molecule has 1 nitrogen and oxygen atoms in total. The minimum absolute atomic E-state index is 0.829. The van der Waals surface area contributed by atoms with Gasteiger partial charge in [-0.3, -0.25) is 0 Å². The van der Waals surface area contributed by atoms with Crippen LogP contribution < -0.4 is 0 Å². The second-order valence-corrected chi connectivity index (χ2v) is 7.31. The van der Waals surface area contributed by atoms with Crippen molar-refractivity contribution in [3.63, 3.8) is 0 Å². The smallest absolute Gasteiger partial charge is 0.0494 e. The zero-order valence-electron chi connectivity index (χ0n) is 13.9. The highest BCUT2D eigenvalue weighted by atomic mass is 16.5. The van der Waals surface area contributed by atoms with Crippen LogP contribution in [0.1, 0.15) is 72.1 Å². The fraction of sp³-hybridized carbons (Fsp3) is 0.895. The topological polar surface area (TPSA) is 9.23 Å². The second-order valence-electron chi connectivity index (χ2n) is 7.31. The summed E-state index contributed by atoms with van der Waals surface area (Å²) in [6.07, 6.45) is 13.9. The Labute approximate surface area is 126 Å². The minimum atomic E-state index is 0.829. The monoisotopic (exact) mass is 278 g/mol. The first-order valence-electron chi connectivity index (χ1n) is 8.95. The van der Waals surface area contributed by atoms with Gasteiger partial charge in [-0.2, -0.15) is 0 Å². The quantitative estimate of drug-likeness (QED) is 0.595. The summed E-state index contributed by atoms with van der Waals surface area (Å²) in [5, 5.41) is 0. The van der Waals surface area contributed by atoms with Gasteiger partial charge < -0.3 is 4.74 Å². The summed E-state index contributed by atoms with van der Waals surface area (Å²) in [7, 11) is 0. The molecule has 0 aromatic heterocycles. The first-order valence-corrected chi connectivity index (χ1v) is 8.95. The maximum Gasteiger partial charge on any atom is 0.0494 e. The zero-order valence-corrected chi connectivity index (χ0v) is 13.9. The Morgan fingerprint density at radius 3 is 2.25 bits per heavy atom. The van der Waals surface area contributed by atoms with Crippen molar-refractivity contribution in [3.8, 4) is 0 Å². The molecule has 0 N–H and O–H groups in total. The van der Waals surface area contributed by atoms with Gasteiger partial charge in [-0.05, 0) is 76.0 Å². The molecule has 0 saturated heterocycles. The summed E-state index contributed by atoms with van der Waals surface area (Å²) in [4.78, 5) is 0. The van der Waals surface area contributed by atoms with Crippen molar-refractivity contribution >= 4 is 0 Å². The van der Waals surface area contributed by atoms with Crippen molar-refractivity contribution in [3.05, 3.63) is 11.6 Å². The molecule has 0 aromatic carbocycles. The maximum absolute atomic E-state index is 5.58. The van der Waals surface area contributed by atoms with Crippen LogP contribution in [0.2, 0.25) is 0 Å². The fourth-order valence-electron chi connectivity index (χ4n) is 4.03. The van der Waals surface area contributed by atoms with Crippen LogP contribution in [0.3, 0.4) is 0 Å². The van der Waals surface area contributed by atoms with Crippen molar-refractivity contribution in [2.45, 2.75) is 72.1 Å². The lowest BCUT2D eigenvalue weighted by Crippen LogP contribution is -2.19. The van der Waals surface area contributed by atoms with E-state index in [9.17, 15) is 0 Å². The van der Waals surface area contributed by atoms with Gasteiger partial charge in [0.15, 0.2) is 0 Å². The molecule has 2 aliphatic carbocycles. The molecule has 0 aromatic rings. The Morgan fingerprint density at radius 1 is 1.00 bits per heavy atom. The molecular weight excluding hydrogens is 244 g/mol. The van der Waals surface area contributed by atoms with Gasteiger partial charge >= 0.3 is 0 Å². The lowest BCUT2D eigenvalue weighted by Gasteiger charge is -2.30. The predicted octanol–water partition coefficient (Wildman–Crippen LogP) is 5.60. The number of hydrogen-bond acceptors (Lipinski definition) is 1. The van der Waals surface area contributed by atoms with E-state index in [1.807, 2.05) is 0 Å². The summed E-state index contributed by atoms with van der Waals surface area (Å²) >= 11 is 0. The van der Waals surface area contributed by atoms with Crippen molar-refractivity contribution in [1.82, 2.24) is 0 Å². The Kier molecular flexibility index (Phi) is 6.61. The first-order chi connectivity index (χ1) is 9.69. The normalized spacial score (nSPS) is 36.0. The van der Waals surface area contributed by atoms with E-state index in [1.165, 1.54) is 51.4 Å². The maximum atomic E-state index is 5.58. The van der Waals surface area contributed by atoms with Gasteiger partial charge in [0.05, 0.1) is 0 Å². The molecule has 1 heteroatoms. The SMILES string of the molecule is CCOCC1CCC(C=C(C)C2CCC(C)CC2)CC1. The lowest BCUT2D eigenvalue weighted by molar-refractivity contribution is 0.0900. The third-order valence-corrected chi connectivity index (χ3v) is 5.61. The molecule has 2 aliphatic rings. The molecule has 0 heterocycles. The molecular formula is C19H34O. The van der Waals surface area contributed by atoms with E-state index in [-0.39, 0.29) is 0 Å². The second kappa shape index (κ2) is 8.22. The Bertz CT molecular complexity index is 291. The third kappa shape index (κ3) is 4.91. The van der Waals surface area contributed by atoms with E-state index in [4.69, 9.17) is 4.74 Å². The minimum Gasteiger partial charge on any atom is -0.381 e. The van der Waals surface area contributed by atoms with E-state index in [2.05, 4.69) is 26.8 Å². The molecule has 20 heavy (non-hydrogen) atoms. The van der Waals surface area contributed by atoms with Gasteiger partial charge in [0.25, 0.3) is 0 Å². The zero-order chi connectivity index (χ0) is 14.4. The molecule has 2 fully saturated rings. The molecule has 0 bridgehead atoms. The van der Waals surface area contributed by atoms with Crippen LogP contribution in [0.5, 0.6) is 0 Å². The van der Waals surface area contributed by atoms with Gasteiger partial charge in [-0.15, -0.1) is 0 Å². The summed E-state index contributed by atoms with van der Waals surface area (Å²) in [5.41, 5.74) is 1.70. The van der Waals surface area contributed by atoms with Crippen molar-refractivity contribution in [2.75, 3.05) is 13.2 Å². The molecule has 0 aliphatic heterocycles. The van der Waals surface area contributed by atoms with Crippen LogP contribution in [0.15, 0.2) is 11.6 Å². The summed E-state index contributed by atoms with van der Waals surface area (Å²) in [6.45, 7) is 8.77. The van der Waals surface area contributed by atoms with E-state index in [0.29, 0.717) is 0 Å². The molecule has 116 valence electrons. The van der Waals surface area contributed by atoms with E-state index in [1.54, 1.807) is 5.57 Å². The predicted molar refractivity (Wildman–Crippen MR) is 86.8 cm³/mol. The highest BCUT2D eigenvalue weighted by Gasteiger charge is 2.23. The molecule has 2 rings (SSSR count). The van der Waals surface area contributed by atoms with Crippen molar-refractivity contribution in [1.29, 1.82) is 0 Å². The number of allylic oxidation sites excluding steroid dienone is 2. The highest BCUT2D eigenvalue weighted by Crippen LogP contribution is 2.36. The Hall–Kier alpha value is -0.300. The summed E-state index contributed by atoms with van der Waals surface area (Å²) in [6, 6.07) is 0. The van der Waals surface area contributed by atoms with Crippen molar-refractivity contribution in [2.24, 2.45) is 23.7 Å². The summed E-state index contributed by atoms with van der Waals surface area (Å²) in [5.74, 6) is 3.54. The van der Waals surface area contributed by atoms with Gasteiger partial charge in [-0.25, -0.2) is 0 Å².